The first kappa shape index (κ1) is 16.9. The molecule has 0 amide bonds. The van der Waals surface area contributed by atoms with Crippen LogP contribution in [0.2, 0.25) is 0 Å². The largest absolute Gasteiger partial charge is 0.386 e. The van der Waals surface area contributed by atoms with Gasteiger partial charge in [-0.05, 0) is 25.8 Å². The fourth-order valence-corrected chi connectivity index (χ4v) is 1.79. The van der Waals surface area contributed by atoms with Gasteiger partial charge in [0.25, 0.3) is 0 Å². The van der Waals surface area contributed by atoms with E-state index in [1.807, 2.05) is 13.8 Å². The molecular formula is C14H31NO2. The van der Waals surface area contributed by atoms with Crippen LogP contribution in [-0.4, -0.2) is 37.0 Å². The molecule has 17 heavy (non-hydrogen) atoms. The van der Waals surface area contributed by atoms with Crippen molar-refractivity contribution in [2.75, 3.05) is 26.3 Å². The van der Waals surface area contributed by atoms with E-state index in [1.54, 1.807) is 0 Å². The van der Waals surface area contributed by atoms with Gasteiger partial charge in [0.15, 0.2) is 0 Å². The number of hydrogen-bond donors (Lipinski definition) is 2. The van der Waals surface area contributed by atoms with Crippen LogP contribution in [0.5, 0.6) is 0 Å². The van der Waals surface area contributed by atoms with Crippen molar-refractivity contribution in [2.45, 2.75) is 59.0 Å². The molecule has 3 heteroatoms. The molecule has 0 aliphatic heterocycles. The standard InChI is InChI=1S/C14H31NO2/c1-5-8-9-13(6-2)10-17-12-14(4,16)11-15-7-3/h13,15-16H,5-12H2,1-4H3. The second-order valence-corrected chi connectivity index (χ2v) is 5.21. The molecular weight excluding hydrogens is 214 g/mol. The molecule has 0 rings (SSSR count). The van der Waals surface area contributed by atoms with Crippen molar-refractivity contribution in [3.05, 3.63) is 0 Å². The third-order valence-electron chi connectivity index (χ3n) is 3.07. The monoisotopic (exact) mass is 245 g/mol. The Morgan fingerprint density at radius 3 is 2.53 bits per heavy atom. The average Bonchev–Trinajstić information content (AvgIpc) is 2.31. The van der Waals surface area contributed by atoms with Crippen LogP contribution in [0, 0.1) is 5.92 Å². The fraction of sp³-hybridized carbons (Fsp3) is 1.00. The van der Waals surface area contributed by atoms with Gasteiger partial charge in [0.1, 0.15) is 0 Å². The molecule has 0 heterocycles. The molecule has 2 atom stereocenters. The minimum atomic E-state index is -0.751. The Balaban J connectivity index is 3.70. The van der Waals surface area contributed by atoms with E-state index in [0.717, 1.165) is 19.6 Å². The van der Waals surface area contributed by atoms with Crippen molar-refractivity contribution in [3.8, 4) is 0 Å². The molecule has 3 nitrogen and oxygen atoms in total. The third-order valence-corrected chi connectivity index (χ3v) is 3.07. The molecule has 2 unspecified atom stereocenters. The Hall–Kier alpha value is -0.120. The summed E-state index contributed by atoms with van der Waals surface area (Å²) in [7, 11) is 0. The molecule has 0 saturated heterocycles. The molecule has 104 valence electrons. The topological polar surface area (TPSA) is 41.5 Å². The first-order valence-corrected chi connectivity index (χ1v) is 7.06. The van der Waals surface area contributed by atoms with Crippen LogP contribution in [0.15, 0.2) is 0 Å². The molecule has 0 aliphatic rings. The van der Waals surface area contributed by atoms with Gasteiger partial charge in [-0.2, -0.15) is 0 Å². The SMILES string of the molecule is CCCCC(CC)COCC(C)(O)CNCC. The van der Waals surface area contributed by atoms with Crippen molar-refractivity contribution in [2.24, 2.45) is 5.92 Å². The average molecular weight is 245 g/mol. The number of unbranched alkanes of at least 4 members (excludes halogenated alkanes) is 1. The molecule has 0 fully saturated rings. The molecule has 0 saturated carbocycles. The molecule has 0 aromatic rings. The van der Waals surface area contributed by atoms with E-state index in [1.165, 1.54) is 19.3 Å². The number of aliphatic hydroxyl groups is 1. The summed E-state index contributed by atoms with van der Waals surface area (Å²) in [6.45, 7) is 11.0. The minimum absolute atomic E-state index is 0.419. The predicted molar refractivity (Wildman–Crippen MR) is 73.3 cm³/mol. The molecule has 2 N–H and O–H groups in total. The first-order valence-electron chi connectivity index (χ1n) is 7.06. The van der Waals surface area contributed by atoms with Crippen molar-refractivity contribution in [3.63, 3.8) is 0 Å². The molecule has 0 aromatic heterocycles. The van der Waals surface area contributed by atoms with Gasteiger partial charge in [-0.25, -0.2) is 0 Å². The maximum absolute atomic E-state index is 10.0. The number of ether oxygens (including phenoxy) is 1. The van der Waals surface area contributed by atoms with E-state index in [2.05, 4.69) is 19.2 Å². The summed E-state index contributed by atoms with van der Waals surface area (Å²) in [6.07, 6.45) is 4.92. The lowest BCUT2D eigenvalue weighted by Gasteiger charge is -2.24. The van der Waals surface area contributed by atoms with Crippen LogP contribution in [0.3, 0.4) is 0 Å². The first-order chi connectivity index (χ1) is 8.05. The van der Waals surface area contributed by atoms with Crippen LogP contribution in [0.4, 0.5) is 0 Å². The Morgan fingerprint density at radius 1 is 1.29 bits per heavy atom. The Morgan fingerprint density at radius 2 is 2.00 bits per heavy atom. The zero-order chi connectivity index (χ0) is 13.1. The summed E-state index contributed by atoms with van der Waals surface area (Å²) >= 11 is 0. The van der Waals surface area contributed by atoms with E-state index in [-0.39, 0.29) is 0 Å². The van der Waals surface area contributed by atoms with Gasteiger partial charge in [0.05, 0.1) is 12.2 Å². The van der Waals surface area contributed by atoms with Gasteiger partial charge in [-0.1, -0.05) is 40.0 Å². The Bertz CT molecular complexity index is 172. The summed E-state index contributed by atoms with van der Waals surface area (Å²) in [5.74, 6) is 0.643. The van der Waals surface area contributed by atoms with Gasteiger partial charge >= 0.3 is 0 Å². The summed E-state index contributed by atoms with van der Waals surface area (Å²) < 4.78 is 5.66. The molecule has 0 bridgehead atoms. The zero-order valence-corrected chi connectivity index (χ0v) is 12.1. The number of rotatable bonds is 11. The van der Waals surface area contributed by atoms with Crippen LogP contribution >= 0.6 is 0 Å². The fourth-order valence-electron chi connectivity index (χ4n) is 1.79. The maximum Gasteiger partial charge on any atom is 0.0975 e. The van der Waals surface area contributed by atoms with Gasteiger partial charge in [0.2, 0.25) is 0 Å². The van der Waals surface area contributed by atoms with Crippen molar-refractivity contribution in [1.82, 2.24) is 5.32 Å². The zero-order valence-electron chi connectivity index (χ0n) is 12.1. The highest BCUT2D eigenvalue weighted by Gasteiger charge is 2.20. The predicted octanol–water partition coefficient (Wildman–Crippen LogP) is 2.58. The summed E-state index contributed by atoms with van der Waals surface area (Å²) in [4.78, 5) is 0. The Labute approximate surface area is 107 Å². The van der Waals surface area contributed by atoms with Crippen LogP contribution in [0.25, 0.3) is 0 Å². The lowest BCUT2D eigenvalue weighted by atomic mass is 10.0. The van der Waals surface area contributed by atoms with Gasteiger partial charge in [0, 0.05) is 13.2 Å². The molecule has 0 spiro atoms. The summed E-state index contributed by atoms with van der Waals surface area (Å²) in [5, 5.41) is 13.2. The second kappa shape index (κ2) is 9.86. The highest BCUT2D eigenvalue weighted by Crippen LogP contribution is 2.14. The van der Waals surface area contributed by atoms with E-state index in [9.17, 15) is 5.11 Å². The second-order valence-electron chi connectivity index (χ2n) is 5.21. The minimum Gasteiger partial charge on any atom is -0.386 e. The van der Waals surface area contributed by atoms with E-state index in [0.29, 0.717) is 19.1 Å². The van der Waals surface area contributed by atoms with Gasteiger partial charge < -0.3 is 15.2 Å². The number of hydrogen-bond acceptors (Lipinski definition) is 3. The molecule has 0 aliphatic carbocycles. The van der Waals surface area contributed by atoms with Crippen LogP contribution < -0.4 is 5.32 Å². The smallest absolute Gasteiger partial charge is 0.0975 e. The van der Waals surface area contributed by atoms with E-state index in [4.69, 9.17) is 4.74 Å². The molecule has 0 radical (unpaired) electrons. The third kappa shape index (κ3) is 9.57. The van der Waals surface area contributed by atoms with Gasteiger partial charge in [-0.15, -0.1) is 0 Å². The summed E-state index contributed by atoms with van der Waals surface area (Å²) in [5.41, 5.74) is -0.751. The lowest BCUT2D eigenvalue weighted by molar-refractivity contribution is -0.0417. The summed E-state index contributed by atoms with van der Waals surface area (Å²) in [6, 6.07) is 0. The highest BCUT2D eigenvalue weighted by molar-refractivity contribution is 4.74. The van der Waals surface area contributed by atoms with E-state index < -0.39 is 5.60 Å². The van der Waals surface area contributed by atoms with Crippen molar-refractivity contribution >= 4 is 0 Å². The lowest BCUT2D eigenvalue weighted by Crippen LogP contribution is -2.42. The Kier molecular flexibility index (Phi) is 9.79. The maximum atomic E-state index is 10.0. The highest BCUT2D eigenvalue weighted by atomic mass is 16.5. The number of nitrogens with one attached hydrogen (secondary N) is 1. The van der Waals surface area contributed by atoms with E-state index >= 15 is 0 Å². The van der Waals surface area contributed by atoms with Crippen LogP contribution in [0.1, 0.15) is 53.4 Å². The quantitative estimate of drug-likeness (QED) is 0.588. The van der Waals surface area contributed by atoms with Gasteiger partial charge in [-0.3, -0.25) is 0 Å². The van der Waals surface area contributed by atoms with Crippen molar-refractivity contribution in [1.29, 1.82) is 0 Å². The number of likely N-dealkylation sites (N-methyl/N-ethyl adjacent to an activating group) is 1. The van der Waals surface area contributed by atoms with Crippen LogP contribution in [-0.2, 0) is 4.74 Å². The normalized spacial score (nSPS) is 16.8. The molecule has 0 aromatic carbocycles. The van der Waals surface area contributed by atoms with Crippen molar-refractivity contribution < 1.29 is 9.84 Å².